The van der Waals surface area contributed by atoms with Crippen molar-refractivity contribution in [2.75, 3.05) is 24.7 Å². The topological polar surface area (TPSA) is 95.7 Å². The van der Waals surface area contributed by atoms with Crippen LogP contribution in [0.15, 0.2) is 78.0 Å². The molecule has 1 amide bonds. The van der Waals surface area contributed by atoms with Crippen molar-refractivity contribution in [3.8, 4) is 11.3 Å². The van der Waals surface area contributed by atoms with Gasteiger partial charge in [-0.05, 0) is 48.0 Å². The van der Waals surface area contributed by atoms with Gasteiger partial charge in [0.25, 0.3) is 5.91 Å². The van der Waals surface area contributed by atoms with Crippen LogP contribution in [0.4, 0.5) is 5.69 Å². The number of nitrogens with zero attached hydrogens (tertiary/aromatic N) is 2. The van der Waals surface area contributed by atoms with Gasteiger partial charge < -0.3 is 20.1 Å². The molecule has 0 spiro atoms. The summed E-state index contributed by atoms with van der Waals surface area (Å²) in [6, 6.07) is 18.5. The number of aliphatic hydroxyl groups is 1. The molecule has 4 rings (SSSR count). The highest BCUT2D eigenvalue weighted by Gasteiger charge is 2.14. The maximum absolute atomic E-state index is 12.9. The molecule has 7 nitrogen and oxygen atoms in total. The van der Waals surface area contributed by atoms with Gasteiger partial charge in [0, 0.05) is 64.2 Å². The summed E-state index contributed by atoms with van der Waals surface area (Å²) in [5, 5.41) is 15.0. The summed E-state index contributed by atoms with van der Waals surface area (Å²) in [7, 11) is -1.15. The second-order valence-corrected chi connectivity index (χ2v) is 8.68. The van der Waals surface area contributed by atoms with Crippen LogP contribution in [0.25, 0.3) is 16.9 Å². The quantitative estimate of drug-likeness (QED) is 0.287. The van der Waals surface area contributed by atoms with E-state index in [1.54, 1.807) is 24.5 Å². The molecule has 0 saturated heterocycles. The van der Waals surface area contributed by atoms with E-state index in [-0.39, 0.29) is 12.5 Å². The van der Waals surface area contributed by atoms with Gasteiger partial charge in [0.1, 0.15) is 5.65 Å². The van der Waals surface area contributed by atoms with Gasteiger partial charge in [-0.2, -0.15) is 0 Å². The SMILES string of the molecule is CC.CC.CS(=O)c1ccc(C(=O)Nc2ccc(-c3cn4ccccc4n3)cc2)c(CNCCO)c1. The lowest BCUT2D eigenvalue weighted by molar-refractivity contribution is 0.102. The van der Waals surface area contributed by atoms with Gasteiger partial charge in [0.15, 0.2) is 0 Å². The van der Waals surface area contributed by atoms with E-state index in [1.165, 1.54) is 0 Å². The third kappa shape index (κ3) is 7.58. The Hall–Kier alpha value is -3.33. The molecule has 0 fully saturated rings. The van der Waals surface area contributed by atoms with Gasteiger partial charge in [0.2, 0.25) is 0 Å². The first kappa shape index (κ1) is 28.9. The number of carbonyl (C=O) groups excluding carboxylic acids is 1. The summed E-state index contributed by atoms with van der Waals surface area (Å²) in [5.74, 6) is -0.250. The van der Waals surface area contributed by atoms with Gasteiger partial charge >= 0.3 is 0 Å². The Morgan fingerprint density at radius 3 is 2.39 bits per heavy atom. The van der Waals surface area contributed by atoms with Crippen molar-refractivity contribution in [1.29, 1.82) is 0 Å². The van der Waals surface area contributed by atoms with E-state index in [0.29, 0.717) is 29.2 Å². The van der Waals surface area contributed by atoms with E-state index in [9.17, 15) is 9.00 Å². The van der Waals surface area contributed by atoms with Crippen molar-refractivity contribution in [3.63, 3.8) is 0 Å². The van der Waals surface area contributed by atoms with Crippen LogP contribution in [0.3, 0.4) is 0 Å². The summed E-state index contributed by atoms with van der Waals surface area (Å²) in [4.78, 5) is 18.2. The van der Waals surface area contributed by atoms with Crippen molar-refractivity contribution in [3.05, 3.63) is 84.2 Å². The molecular formula is C28H36N4O3S. The minimum absolute atomic E-state index is 0.000411. The molecule has 1 atom stereocenters. The normalized spacial score (nSPS) is 11.1. The van der Waals surface area contributed by atoms with Crippen molar-refractivity contribution < 1.29 is 14.1 Å². The largest absolute Gasteiger partial charge is 0.395 e. The Bertz CT molecular complexity index is 1240. The molecule has 0 aliphatic carbocycles. The highest BCUT2D eigenvalue weighted by atomic mass is 32.2. The zero-order valence-electron chi connectivity index (χ0n) is 21.6. The summed E-state index contributed by atoms with van der Waals surface area (Å²) in [6.07, 6.45) is 5.52. The Kier molecular flexibility index (Phi) is 12.0. The third-order valence-electron chi connectivity index (χ3n) is 5.06. The highest BCUT2D eigenvalue weighted by Crippen LogP contribution is 2.22. The van der Waals surface area contributed by atoms with E-state index in [2.05, 4.69) is 15.6 Å². The Balaban J connectivity index is 0.00000109. The predicted molar refractivity (Wildman–Crippen MR) is 149 cm³/mol. The average Bonchev–Trinajstić information content (AvgIpc) is 3.36. The Labute approximate surface area is 216 Å². The fourth-order valence-electron chi connectivity index (χ4n) is 3.42. The molecule has 0 radical (unpaired) electrons. The van der Waals surface area contributed by atoms with E-state index in [0.717, 1.165) is 22.5 Å². The van der Waals surface area contributed by atoms with Gasteiger partial charge in [-0.3, -0.25) is 9.00 Å². The molecular weight excluding hydrogens is 472 g/mol. The van der Waals surface area contributed by atoms with Crippen molar-refractivity contribution in [2.45, 2.75) is 39.1 Å². The number of aromatic nitrogens is 2. The molecule has 4 aromatic rings. The molecule has 2 aromatic carbocycles. The summed E-state index contributed by atoms with van der Waals surface area (Å²) < 4.78 is 13.8. The average molecular weight is 509 g/mol. The second kappa shape index (κ2) is 14.9. The molecule has 36 heavy (non-hydrogen) atoms. The molecule has 0 saturated carbocycles. The second-order valence-electron chi connectivity index (χ2n) is 7.30. The molecule has 0 aliphatic rings. The fourth-order valence-corrected chi connectivity index (χ4v) is 3.98. The molecule has 0 aliphatic heterocycles. The lowest BCUT2D eigenvalue weighted by atomic mass is 10.1. The van der Waals surface area contributed by atoms with Crippen molar-refractivity contribution >= 4 is 28.0 Å². The lowest BCUT2D eigenvalue weighted by Gasteiger charge is -2.12. The number of amides is 1. The first-order valence-corrected chi connectivity index (χ1v) is 13.7. The summed E-state index contributed by atoms with van der Waals surface area (Å²) in [6.45, 7) is 8.80. The molecule has 2 heterocycles. The van der Waals surface area contributed by atoms with Crippen LogP contribution in [0, 0.1) is 0 Å². The number of hydrogen-bond acceptors (Lipinski definition) is 5. The van der Waals surface area contributed by atoms with E-state index in [4.69, 9.17) is 5.11 Å². The number of aliphatic hydroxyl groups excluding tert-OH is 1. The van der Waals surface area contributed by atoms with Gasteiger partial charge in [-0.15, -0.1) is 0 Å². The standard InChI is InChI=1S/C24H24N4O3S.2C2H6/c1-32(31)20-9-10-21(18(14-20)15-25-11-13-29)24(30)26-19-7-5-17(6-8-19)22-16-28-12-3-2-4-23(28)27-22;2*1-2/h2-10,12,14,16,25,29H,11,13,15H2,1H3,(H,26,30);2*1-2H3. The van der Waals surface area contributed by atoms with Gasteiger partial charge in [-0.1, -0.05) is 45.9 Å². The first-order valence-electron chi connectivity index (χ1n) is 12.2. The first-order chi connectivity index (χ1) is 17.5. The number of hydrogen-bond donors (Lipinski definition) is 3. The van der Waals surface area contributed by atoms with Crippen LogP contribution in [0.1, 0.15) is 43.6 Å². The van der Waals surface area contributed by atoms with Crippen LogP contribution < -0.4 is 10.6 Å². The zero-order valence-corrected chi connectivity index (χ0v) is 22.4. The minimum Gasteiger partial charge on any atom is -0.395 e. The number of benzene rings is 2. The number of rotatable bonds is 8. The van der Waals surface area contributed by atoms with E-state index >= 15 is 0 Å². The maximum Gasteiger partial charge on any atom is 0.255 e. The number of fused-ring (bicyclic) bond motifs is 1. The van der Waals surface area contributed by atoms with Crippen molar-refractivity contribution in [1.82, 2.24) is 14.7 Å². The molecule has 8 heteroatoms. The fraction of sp³-hybridized carbons (Fsp3) is 0.286. The highest BCUT2D eigenvalue weighted by molar-refractivity contribution is 7.84. The molecule has 192 valence electrons. The number of anilines is 1. The Morgan fingerprint density at radius 1 is 1.03 bits per heavy atom. The van der Waals surface area contributed by atoms with Gasteiger partial charge in [-0.25, -0.2) is 4.98 Å². The minimum atomic E-state index is -1.15. The van der Waals surface area contributed by atoms with Crippen LogP contribution in [-0.4, -0.2) is 44.0 Å². The zero-order chi connectivity index (χ0) is 26.5. The molecule has 3 N–H and O–H groups in total. The predicted octanol–water partition coefficient (Wildman–Crippen LogP) is 5.13. The smallest absolute Gasteiger partial charge is 0.255 e. The maximum atomic E-state index is 12.9. The Morgan fingerprint density at radius 2 is 1.75 bits per heavy atom. The van der Waals surface area contributed by atoms with Crippen LogP contribution in [0.2, 0.25) is 0 Å². The van der Waals surface area contributed by atoms with Crippen molar-refractivity contribution in [2.24, 2.45) is 0 Å². The molecule has 1 unspecified atom stereocenters. The summed E-state index contributed by atoms with van der Waals surface area (Å²) >= 11 is 0. The summed E-state index contributed by atoms with van der Waals surface area (Å²) in [5.41, 5.74) is 4.57. The van der Waals surface area contributed by atoms with E-state index < -0.39 is 10.8 Å². The van der Waals surface area contributed by atoms with Crippen LogP contribution in [-0.2, 0) is 17.3 Å². The lowest BCUT2D eigenvalue weighted by Crippen LogP contribution is -2.21. The van der Waals surface area contributed by atoms with Gasteiger partial charge in [0.05, 0.1) is 12.3 Å². The van der Waals surface area contributed by atoms with Crippen LogP contribution >= 0.6 is 0 Å². The molecule has 2 aromatic heterocycles. The number of pyridine rings is 1. The third-order valence-corrected chi connectivity index (χ3v) is 5.98. The number of carbonyl (C=O) groups is 1. The van der Waals surface area contributed by atoms with Crippen LogP contribution in [0.5, 0.6) is 0 Å². The monoisotopic (exact) mass is 508 g/mol. The number of nitrogens with one attached hydrogen (secondary N) is 2. The molecule has 0 bridgehead atoms. The van der Waals surface area contributed by atoms with E-state index in [1.807, 2.05) is 87.0 Å². The number of imidazole rings is 1.